The second-order valence-corrected chi connectivity index (χ2v) is 8.12. The Morgan fingerprint density at radius 2 is 1.67 bits per heavy atom. The lowest BCUT2D eigenvalue weighted by Gasteiger charge is -2.29. The maximum atomic E-state index is 11.9. The highest BCUT2D eigenvalue weighted by Gasteiger charge is 2.21. The monoisotopic (exact) mass is 424 g/mol. The molecule has 6 nitrogen and oxygen atoms in total. The van der Waals surface area contributed by atoms with E-state index in [1.165, 1.54) is 11.3 Å². The van der Waals surface area contributed by atoms with Crippen molar-refractivity contribution < 1.29 is 9.53 Å². The van der Waals surface area contributed by atoms with Crippen LogP contribution < -0.4 is 20.4 Å². The maximum Gasteiger partial charge on any atom is 0.227 e. The third-order valence-corrected chi connectivity index (χ3v) is 5.85. The normalized spacial score (nSPS) is 17.7. The number of nitrogens with zero attached hydrogens (tertiary/aromatic N) is 2. The number of benzene rings is 2. The number of ether oxygens (including phenoxy) is 1. The molecule has 30 heavy (non-hydrogen) atoms. The maximum absolute atomic E-state index is 11.9. The molecule has 1 amide bonds. The molecule has 2 N–H and O–H groups in total. The molecule has 4 rings (SSSR count). The molecule has 0 saturated carbocycles. The number of rotatable bonds is 5. The lowest BCUT2D eigenvalue weighted by molar-refractivity contribution is -0.117. The number of carbonyl (C=O) groups excluding carboxylic acids is 1. The quantitative estimate of drug-likeness (QED) is 0.714. The van der Waals surface area contributed by atoms with E-state index in [4.69, 9.17) is 17.0 Å². The van der Waals surface area contributed by atoms with Gasteiger partial charge >= 0.3 is 0 Å². The summed E-state index contributed by atoms with van der Waals surface area (Å²) in [4.78, 5) is 16.1. The van der Waals surface area contributed by atoms with Crippen LogP contribution in [0.4, 0.5) is 17.1 Å². The summed E-state index contributed by atoms with van der Waals surface area (Å²) in [5.41, 5.74) is 4.25. The summed E-state index contributed by atoms with van der Waals surface area (Å²) in [7, 11) is 0. The summed E-state index contributed by atoms with van der Waals surface area (Å²) < 4.78 is 5.42. The molecule has 0 unspecified atom stereocenters. The number of carbonyl (C=O) groups is 1. The van der Waals surface area contributed by atoms with Crippen molar-refractivity contribution in [2.45, 2.75) is 25.8 Å². The van der Waals surface area contributed by atoms with Crippen LogP contribution in [0, 0.1) is 0 Å². The second kappa shape index (κ2) is 9.45. The lowest BCUT2D eigenvalue weighted by atomic mass is 10.1. The summed E-state index contributed by atoms with van der Waals surface area (Å²) in [5.74, 6) is 0.196. The van der Waals surface area contributed by atoms with Crippen molar-refractivity contribution >= 4 is 40.3 Å². The fraction of sp³-hybridized carbons (Fsp3) is 0.391. The SMILES string of the molecule is C[C@@H](NC(=S)Nc1ccc(N2CCCC2=O)cc1)c1ccc(N2CCOCC2)cc1. The van der Waals surface area contributed by atoms with Gasteiger partial charge in [-0.3, -0.25) is 4.79 Å². The van der Waals surface area contributed by atoms with Crippen molar-refractivity contribution in [1.82, 2.24) is 5.32 Å². The molecule has 0 bridgehead atoms. The Bertz CT molecular complexity index is 879. The van der Waals surface area contributed by atoms with Crippen LogP contribution in [0.5, 0.6) is 0 Å². The van der Waals surface area contributed by atoms with Gasteiger partial charge in [0.15, 0.2) is 5.11 Å². The van der Waals surface area contributed by atoms with Gasteiger partial charge in [0.1, 0.15) is 0 Å². The topological polar surface area (TPSA) is 56.8 Å². The van der Waals surface area contributed by atoms with Crippen molar-refractivity contribution in [3.05, 3.63) is 54.1 Å². The Kier molecular flexibility index (Phi) is 6.50. The molecular weight excluding hydrogens is 396 g/mol. The highest BCUT2D eigenvalue weighted by molar-refractivity contribution is 7.80. The Hall–Kier alpha value is -2.64. The van der Waals surface area contributed by atoms with Crippen molar-refractivity contribution in [2.75, 3.05) is 48.0 Å². The molecule has 1 atom stereocenters. The van der Waals surface area contributed by atoms with E-state index >= 15 is 0 Å². The van der Waals surface area contributed by atoms with Gasteiger partial charge in [-0.1, -0.05) is 12.1 Å². The minimum absolute atomic E-state index is 0.0882. The zero-order valence-corrected chi connectivity index (χ0v) is 18.1. The van der Waals surface area contributed by atoms with Crippen LogP contribution in [0.15, 0.2) is 48.5 Å². The number of anilines is 3. The first-order chi connectivity index (χ1) is 14.6. The second-order valence-electron chi connectivity index (χ2n) is 7.71. The van der Waals surface area contributed by atoms with Crippen molar-refractivity contribution in [3.63, 3.8) is 0 Å². The van der Waals surface area contributed by atoms with Gasteiger partial charge in [-0.2, -0.15) is 0 Å². The number of amides is 1. The highest BCUT2D eigenvalue weighted by atomic mass is 32.1. The van der Waals surface area contributed by atoms with Gasteiger partial charge in [0.25, 0.3) is 0 Å². The van der Waals surface area contributed by atoms with Crippen LogP contribution in [-0.4, -0.2) is 43.9 Å². The standard InChI is InChI=1S/C23H28N4O2S/c1-17(18-4-8-20(9-5-18)26-13-15-29-16-14-26)24-23(30)25-19-6-10-21(11-7-19)27-12-2-3-22(27)28/h4-11,17H,2-3,12-16H2,1H3,(H2,24,25,30)/t17-/m1/s1. The molecular formula is C23H28N4O2S. The summed E-state index contributed by atoms with van der Waals surface area (Å²) in [6.07, 6.45) is 1.57. The van der Waals surface area contributed by atoms with Gasteiger partial charge < -0.3 is 25.2 Å². The van der Waals surface area contributed by atoms with Crippen LogP contribution in [0.3, 0.4) is 0 Å². The van der Waals surface area contributed by atoms with E-state index in [0.717, 1.165) is 50.6 Å². The van der Waals surface area contributed by atoms with Crippen LogP contribution in [-0.2, 0) is 9.53 Å². The molecule has 2 aromatic rings. The van der Waals surface area contributed by atoms with Gasteiger partial charge in [0.2, 0.25) is 5.91 Å². The number of hydrogen-bond donors (Lipinski definition) is 2. The first-order valence-electron chi connectivity index (χ1n) is 10.5. The zero-order valence-electron chi connectivity index (χ0n) is 17.3. The van der Waals surface area contributed by atoms with E-state index in [1.807, 2.05) is 29.2 Å². The Morgan fingerprint density at radius 3 is 2.30 bits per heavy atom. The molecule has 0 aliphatic carbocycles. The predicted molar refractivity (Wildman–Crippen MR) is 125 cm³/mol. The molecule has 7 heteroatoms. The molecule has 158 valence electrons. The minimum Gasteiger partial charge on any atom is -0.378 e. The number of nitrogens with one attached hydrogen (secondary N) is 2. The molecule has 2 saturated heterocycles. The van der Waals surface area contributed by atoms with E-state index < -0.39 is 0 Å². The predicted octanol–water partition coefficient (Wildman–Crippen LogP) is 3.70. The Balaban J connectivity index is 1.30. The first kappa shape index (κ1) is 20.6. The van der Waals surface area contributed by atoms with Gasteiger partial charge in [-0.15, -0.1) is 0 Å². The minimum atomic E-state index is 0.0882. The number of hydrogen-bond acceptors (Lipinski definition) is 4. The first-order valence-corrected chi connectivity index (χ1v) is 10.9. The fourth-order valence-electron chi connectivity index (χ4n) is 3.89. The molecule has 0 spiro atoms. The van der Waals surface area contributed by atoms with Crippen molar-refractivity contribution in [2.24, 2.45) is 0 Å². The Morgan fingerprint density at radius 1 is 1.00 bits per heavy atom. The lowest BCUT2D eigenvalue weighted by Crippen LogP contribution is -2.36. The molecule has 2 fully saturated rings. The molecule has 2 aliphatic rings. The number of morpholine rings is 1. The van der Waals surface area contributed by atoms with Crippen molar-refractivity contribution in [3.8, 4) is 0 Å². The highest BCUT2D eigenvalue weighted by Crippen LogP contribution is 2.23. The van der Waals surface area contributed by atoms with Gasteiger partial charge in [0, 0.05) is 43.1 Å². The summed E-state index contributed by atoms with van der Waals surface area (Å²) in [6, 6.07) is 16.5. The molecule has 2 aromatic carbocycles. The van der Waals surface area contributed by atoms with E-state index in [9.17, 15) is 4.79 Å². The molecule has 2 heterocycles. The van der Waals surface area contributed by atoms with Crippen LogP contribution >= 0.6 is 12.2 Å². The smallest absolute Gasteiger partial charge is 0.227 e. The van der Waals surface area contributed by atoms with Gasteiger partial charge in [-0.25, -0.2) is 0 Å². The average Bonchev–Trinajstić information content (AvgIpc) is 3.21. The van der Waals surface area contributed by atoms with Gasteiger partial charge in [0.05, 0.1) is 19.3 Å². The number of thiocarbonyl (C=S) groups is 1. The van der Waals surface area contributed by atoms with Gasteiger partial charge in [-0.05, 0) is 67.5 Å². The van der Waals surface area contributed by atoms with E-state index in [-0.39, 0.29) is 11.9 Å². The van der Waals surface area contributed by atoms with Crippen LogP contribution in [0.25, 0.3) is 0 Å². The van der Waals surface area contributed by atoms with E-state index in [2.05, 4.69) is 46.7 Å². The molecule has 2 aliphatic heterocycles. The van der Waals surface area contributed by atoms with E-state index in [0.29, 0.717) is 11.5 Å². The summed E-state index contributed by atoms with van der Waals surface area (Å²) in [5, 5.41) is 7.15. The molecule has 0 aromatic heterocycles. The average molecular weight is 425 g/mol. The van der Waals surface area contributed by atoms with Crippen LogP contribution in [0.1, 0.15) is 31.4 Å². The van der Waals surface area contributed by atoms with Crippen molar-refractivity contribution in [1.29, 1.82) is 0 Å². The Labute approximate surface area is 183 Å². The summed E-state index contributed by atoms with van der Waals surface area (Å²) >= 11 is 5.49. The molecule has 0 radical (unpaired) electrons. The summed E-state index contributed by atoms with van der Waals surface area (Å²) in [6.45, 7) is 6.34. The van der Waals surface area contributed by atoms with Crippen LogP contribution in [0.2, 0.25) is 0 Å². The zero-order chi connectivity index (χ0) is 20.9. The third kappa shape index (κ3) is 4.91. The third-order valence-electron chi connectivity index (χ3n) is 5.63. The fourth-order valence-corrected chi connectivity index (χ4v) is 4.18. The van der Waals surface area contributed by atoms with E-state index in [1.54, 1.807) is 0 Å². The largest absolute Gasteiger partial charge is 0.378 e.